The number of oxazole rings is 1. The standard InChI is InChI=1S/C20H17FN2O3/c21-14-9-7-13(8-10-14)19-18(22-12-26-19)20(24)23-16-5-3-11-25-17-6-2-1-4-15(16)17/h1-2,4,6-10,12,16H,3,5,11H2,(H,23,24). The molecule has 1 aliphatic rings. The predicted octanol–water partition coefficient (Wildman–Crippen LogP) is 4.12. The van der Waals surface area contributed by atoms with E-state index in [2.05, 4.69) is 10.3 Å². The Morgan fingerprint density at radius 1 is 1.15 bits per heavy atom. The van der Waals surface area contributed by atoms with E-state index in [9.17, 15) is 9.18 Å². The van der Waals surface area contributed by atoms with Gasteiger partial charge in [0.15, 0.2) is 17.8 Å². The number of aromatic nitrogens is 1. The van der Waals surface area contributed by atoms with E-state index in [1.54, 1.807) is 12.1 Å². The second-order valence-electron chi connectivity index (χ2n) is 6.09. The molecule has 0 saturated heterocycles. The zero-order valence-corrected chi connectivity index (χ0v) is 13.9. The molecule has 0 bridgehead atoms. The molecule has 0 radical (unpaired) electrons. The molecular weight excluding hydrogens is 335 g/mol. The fourth-order valence-corrected chi connectivity index (χ4v) is 3.12. The molecule has 6 heteroatoms. The molecule has 26 heavy (non-hydrogen) atoms. The first kappa shape index (κ1) is 16.3. The van der Waals surface area contributed by atoms with Crippen LogP contribution >= 0.6 is 0 Å². The third-order valence-electron chi connectivity index (χ3n) is 4.38. The second-order valence-corrected chi connectivity index (χ2v) is 6.09. The number of carbonyl (C=O) groups is 1. The fourth-order valence-electron chi connectivity index (χ4n) is 3.12. The molecule has 2 heterocycles. The summed E-state index contributed by atoms with van der Waals surface area (Å²) in [6.45, 7) is 0.619. The van der Waals surface area contributed by atoms with Gasteiger partial charge in [-0.15, -0.1) is 0 Å². The minimum absolute atomic E-state index is 0.168. The summed E-state index contributed by atoms with van der Waals surface area (Å²) in [5.74, 6) is 0.420. The Balaban J connectivity index is 1.60. The van der Waals surface area contributed by atoms with Gasteiger partial charge in [0.2, 0.25) is 0 Å². The van der Waals surface area contributed by atoms with E-state index in [1.165, 1.54) is 18.5 Å². The van der Waals surface area contributed by atoms with Crippen LogP contribution in [0, 0.1) is 5.82 Å². The highest BCUT2D eigenvalue weighted by atomic mass is 19.1. The van der Waals surface area contributed by atoms with Crippen LogP contribution in [0.5, 0.6) is 5.75 Å². The van der Waals surface area contributed by atoms with E-state index in [0.29, 0.717) is 17.9 Å². The molecule has 1 amide bonds. The van der Waals surface area contributed by atoms with Gasteiger partial charge in [-0.25, -0.2) is 9.37 Å². The van der Waals surface area contributed by atoms with Crippen LogP contribution < -0.4 is 10.1 Å². The lowest BCUT2D eigenvalue weighted by molar-refractivity contribution is 0.0930. The highest BCUT2D eigenvalue weighted by Gasteiger charge is 2.25. The highest BCUT2D eigenvalue weighted by molar-refractivity contribution is 5.97. The van der Waals surface area contributed by atoms with Crippen molar-refractivity contribution in [3.63, 3.8) is 0 Å². The van der Waals surface area contributed by atoms with Gasteiger partial charge in [0.05, 0.1) is 12.6 Å². The van der Waals surface area contributed by atoms with Crippen LogP contribution in [0.3, 0.4) is 0 Å². The van der Waals surface area contributed by atoms with Crippen molar-refractivity contribution in [1.29, 1.82) is 0 Å². The maximum absolute atomic E-state index is 13.1. The lowest BCUT2D eigenvalue weighted by Crippen LogP contribution is -2.29. The average Bonchev–Trinajstić information content (AvgIpc) is 3.06. The molecular formula is C20H17FN2O3. The van der Waals surface area contributed by atoms with Crippen LogP contribution in [-0.2, 0) is 0 Å². The molecule has 1 aliphatic heterocycles. The van der Waals surface area contributed by atoms with E-state index in [0.717, 1.165) is 24.2 Å². The van der Waals surface area contributed by atoms with Gasteiger partial charge in [-0.1, -0.05) is 18.2 Å². The number of nitrogens with zero attached hydrogens (tertiary/aromatic N) is 1. The predicted molar refractivity (Wildman–Crippen MR) is 93.3 cm³/mol. The monoisotopic (exact) mass is 352 g/mol. The Morgan fingerprint density at radius 2 is 1.96 bits per heavy atom. The fraction of sp³-hybridized carbons (Fsp3) is 0.200. The molecule has 2 aromatic carbocycles. The normalized spacial score (nSPS) is 16.3. The van der Waals surface area contributed by atoms with Gasteiger partial charge in [0.25, 0.3) is 5.91 Å². The van der Waals surface area contributed by atoms with Crippen LogP contribution in [0.15, 0.2) is 59.3 Å². The summed E-state index contributed by atoms with van der Waals surface area (Å²) in [7, 11) is 0. The Hall–Kier alpha value is -3.15. The molecule has 1 aromatic heterocycles. The summed E-state index contributed by atoms with van der Waals surface area (Å²) < 4.78 is 24.2. The van der Waals surface area contributed by atoms with Crippen molar-refractivity contribution in [2.24, 2.45) is 0 Å². The number of para-hydroxylation sites is 1. The molecule has 0 saturated carbocycles. The summed E-state index contributed by atoms with van der Waals surface area (Å²) in [6, 6.07) is 13.3. The Bertz CT molecular complexity index is 921. The SMILES string of the molecule is O=C(NC1CCCOc2ccccc21)c1ncoc1-c1ccc(F)cc1. The molecule has 5 nitrogen and oxygen atoms in total. The van der Waals surface area contributed by atoms with E-state index < -0.39 is 0 Å². The number of benzene rings is 2. The summed E-state index contributed by atoms with van der Waals surface area (Å²) in [4.78, 5) is 16.9. The molecule has 132 valence electrons. The Kier molecular flexibility index (Phi) is 4.39. The van der Waals surface area contributed by atoms with Crippen LogP contribution in [0.4, 0.5) is 4.39 Å². The summed E-state index contributed by atoms with van der Waals surface area (Å²) in [5.41, 5.74) is 1.73. The van der Waals surface area contributed by atoms with E-state index in [4.69, 9.17) is 9.15 Å². The van der Waals surface area contributed by atoms with Crippen molar-refractivity contribution in [3.8, 4) is 17.1 Å². The van der Waals surface area contributed by atoms with Gasteiger partial charge in [-0.2, -0.15) is 0 Å². The topological polar surface area (TPSA) is 64.4 Å². The van der Waals surface area contributed by atoms with Crippen molar-refractivity contribution >= 4 is 5.91 Å². The number of ether oxygens (including phenoxy) is 1. The zero-order chi connectivity index (χ0) is 17.9. The summed E-state index contributed by atoms with van der Waals surface area (Å²) >= 11 is 0. The van der Waals surface area contributed by atoms with Crippen LogP contribution in [0.25, 0.3) is 11.3 Å². The molecule has 0 spiro atoms. The minimum Gasteiger partial charge on any atom is -0.493 e. The number of nitrogens with one attached hydrogen (secondary N) is 1. The molecule has 0 fully saturated rings. The average molecular weight is 352 g/mol. The van der Waals surface area contributed by atoms with Crippen molar-refractivity contribution in [2.75, 3.05) is 6.61 Å². The maximum atomic E-state index is 13.1. The molecule has 3 aromatic rings. The Labute approximate surface area is 149 Å². The lowest BCUT2D eigenvalue weighted by atomic mass is 10.0. The van der Waals surface area contributed by atoms with Crippen LogP contribution in [0.1, 0.15) is 34.9 Å². The van der Waals surface area contributed by atoms with Gasteiger partial charge in [0.1, 0.15) is 11.6 Å². The lowest BCUT2D eigenvalue weighted by Gasteiger charge is -2.18. The number of carbonyl (C=O) groups excluding carboxylic acids is 1. The van der Waals surface area contributed by atoms with E-state index in [-0.39, 0.29) is 23.5 Å². The number of halogens is 1. The third kappa shape index (κ3) is 3.18. The van der Waals surface area contributed by atoms with Gasteiger partial charge in [0, 0.05) is 11.1 Å². The molecule has 0 aliphatic carbocycles. The number of amides is 1. The van der Waals surface area contributed by atoms with Gasteiger partial charge >= 0.3 is 0 Å². The minimum atomic E-state index is -0.352. The highest BCUT2D eigenvalue weighted by Crippen LogP contribution is 2.32. The van der Waals surface area contributed by atoms with Crippen molar-refractivity contribution < 1.29 is 18.3 Å². The number of hydrogen-bond donors (Lipinski definition) is 1. The van der Waals surface area contributed by atoms with E-state index in [1.807, 2.05) is 24.3 Å². The first-order valence-electron chi connectivity index (χ1n) is 8.44. The van der Waals surface area contributed by atoms with Gasteiger partial charge in [-0.05, 0) is 43.2 Å². The molecule has 4 rings (SSSR count). The number of hydrogen-bond acceptors (Lipinski definition) is 4. The van der Waals surface area contributed by atoms with Gasteiger partial charge < -0.3 is 14.5 Å². The maximum Gasteiger partial charge on any atom is 0.274 e. The van der Waals surface area contributed by atoms with Crippen molar-refractivity contribution in [2.45, 2.75) is 18.9 Å². The smallest absolute Gasteiger partial charge is 0.274 e. The molecule has 1 atom stereocenters. The Morgan fingerprint density at radius 3 is 2.81 bits per heavy atom. The molecule has 1 N–H and O–H groups in total. The quantitative estimate of drug-likeness (QED) is 0.770. The van der Waals surface area contributed by atoms with Gasteiger partial charge in [-0.3, -0.25) is 4.79 Å². The van der Waals surface area contributed by atoms with Crippen molar-refractivity contribution in [1.82, 2.24) is 10.3 Å². The molecule has 1 unspecified atom stereocenters. The number of fused-ring (bicyclic) bond motifs is 1. The van der Waals surface area contributed by atoms with E-state index >= 15 is 0 Å². The summed E-state index contributed by atoms with van der Waals surface area (Å²) in [6.07, 6.45) is 2.83. The summed E-state index contributed by atoms with van der Waals surface area (Å²) in [5, 5.41) is 3.02. The number of rotatable bonds is 3. The largest absolute Gasteiger partial charge is 0.493 e. The van der Waals surface area contributed by atoms with Crippen LogP contribution in [0.2, 0.25) is 0 Å². The second kappa shape index (κ2) is 7.00. The van der Waals surface area contributed by atoms with Crippen molar-refractivity contribution in [3.05, 3.63) is 72.0 Å². The first-order chi connectivity index (χ1) is 12.7. The third-order valence-corrected chi connectivity index (χ3v) is 4.38. The zero-order valence-electron chi connectivity index (χ0n) is 13.9. The van der Waals surface area contributed by atoms with Crippen LogP contribution in [-0.4, -0.2) is 17.5 Å². The first-order valence-corrected chi connectivity index (χ1v) is 8.44.